The number of pyridine rings is 1. The molecule has 6 heteroatoms. The minimum atomic E-state index is -0.0417. The lowest BCUT2D eigenvalue weighted by atomic mass is 10.1. The second kappa shape index (κ2) is 7.46. The van der Waals surface area contributed by atoms with E-state index >= 15 is 0 Å². The fraction of sp³-hybridized carbons (Fsp3) is 0.318. The minimum Gasteiger partial charge on any atom is -0.368 e. The number of hydrogen-bond donors (Lipinski definition) is 0. The molecular formula is C22H24N4O2. The van der Waals surface area contributed by atoms with Gasteiger partial charge in [-0.15, -0.1) is 0 Å². The molecule has 0 spiro atoms. The highest BCUT2D eigenvalue weighted by Crippen LogP contribution is 2.27. The fourth-order valence-electron chi connectivity index (χ4n) is 3.67. The molecule has 0 N–H and O–H groups in total. The van der Waals surface area contributed by atoms with Crippen LogP contribution in [0.15, 0.2) is 47.1 Å². The standard InChI is InChI=1S/C22H24N4O2/c1-15-7-8-16(2)19(14-15)25-10-12-26(13-11-25)22(27)20-17(3)28-24-21(20)18-6-4-5-9-23-18/h4-9,14H,10-13H2,1-3H3. The number of aromatic nitrogens is 2. The molecule has 144 valence electrons. The Morgan fingerprint density at radius 2 is 1.82 bits per heavy atom. The first-order chi connectivity index (χ1) is 13.5. The van der Waals surface area contributed by atoms with Gasteiger partial charge < -0.3 is 14.3 Å². The van der Waals surface area contributed by atoms with Crippen molar-refractivity contribution in [3.63, 3.8) is 0 Å². The van der Waals surface area contributed by atoms with Crippen molar-refractivity contribution in [2.45, 2.75) is 20.8 Å². The SMILES string of the molecule is Cc1ccc(C)c(N2CCN(C(=O)c3c(-c4ccccn4)noc3C)CC2)c1. The molecule has 2 aromatic heterocycles. The first-order valence-corrected chi connectivity index (χ1v) is 9.54. The van der Waals surface area contributed by atoms with Gasteiger partial charge >= 0.3 is 0 Å². The average molecular weight is 376 g/mol. The van der Waals surface area contributed by atoms with Crippen molar-refractivity contribution in [3.8, 4) is 11.4 Å². The van der Waals surface area contributed by atoms with Crippen molar-refractivity contribution in [3.05, 3.63) is 65.0 Å². The maximum absolute atomic E-state index is 13.2. The van der Waals surface area contributed by atoms with Crippen molar-refractivity contribution < 1.29 is 9.32 Å². The maximum Gasteiger partial charge on any atom is 0.259 e. The van der Waals surface area contributed by atoms with Crippen molar-refractivity contribution >= 4 is 11.6 Å². The first-order valence-electron chi connectivity index (χ1n) is 9.54. The smallest absolute Gasteiger partial charge is 0.259 e. The molecule has 3 aromatic rings. The van der Waals surface area contributed by atoms with Crippen LogP contribution in [0.3, 0.4) is 0 Å². The van der Waals surface area contributed by atoms with Gasteiger partial charge in [0.05, 0.1) is 5.69 Å². The summed E-state index contributed by atoms with van der Waals surface area (Å²) in [5, 5.41) is 4.09. The van der Waals surface area contributed by atoms with Crippen LogP contribution in [0.4, 0.5) is 5.69 Å². The third-order valence-electron chi connectivity index (χ3n) is 5.26. The summed E-state index contributed by atoms with van der Waals surface area (Å²) in [5.74, 6) is 0.489. The van der Waals surface area contributed by atoms with Gasteiger partial charge in [-0.3, -0.25) is 9.78 Å². The first kappa shape index (κ1) is 18.2. The lowest BCUT2D eigenvalue weighted by Crippen LogP contribution is -2.49. The molecule has 0 bridgehead atoms. The lowest BCUT2D eigenvalue weighted by Gasteiger charge is -2.37. The zero-order chi connectivity index (χ0) is 19.7. The zero-order valence-corrected chi connectivity index (χ0v) is 16.5. The Kier molecular flexibility index (Phi) is 4.86. The largest absolute Gasteiger partial charge is 0.368 e. The van der Waals surface area contributed by atoms with Crippen LogP contribution in [-0.2, 0) is 0 Å². The number of amides is 1. The average Bonchev–Trinajstić information content (AvgIpc) is 3.11. The molecule has 0 unspecified atom stereocenters. The fourth-order valence-corrected chi connectivity index (χ4v) is 3.67. The monoisotopic (exact) mass is 376 g/mol. The van der Waals surface area contributed by atoms with Gasteiger partial charge in [-0.25, -0.2) is 0 Å². The molecule has 1 fully saturated rings. The van der Waals surface area contributed by atoms with Crippen molar-refractivity contribution in [1.29, 1.82) is 0 Å². The molecule has 0 saturated carbocycles. The molecule has 1 amide bonds. The third-order valence-corrected chi connectivity index (χ3v) is 5.26. The number of nitrogens with zero attached hydrogens (tertiary/aromatic N) is 4. The van der Waals surface area contributed by atoms with Gasteiger partial charge in [-0.1, -0.05) is 23.4 Å². The highest BCUT2D eigenvalue weighted by molar-refractivity contribution is 6.00. The molecule has 0 radical (unpaired) electrons. The topological polar surface area (TPSA) is 62.5 Å². The van der Waals surface area contributed by atoms with E-state index in [9.17, 15) is 4.79 Å². The Balaban J connectivity index is 1.52. The Hall–Kier alpha value is -3.15. The normalized spacial score (nSPS) is 14.4. The van der Waals surface area contributed by atoms with Crippen LogP contribution in [0.25, 0.3) is 11.4 Å². The molecule has 3 heterocycles. The van der Waals surface area contributed by atoms with Gasteiger partial charge in [0.1, 0.15) is 17.0 Å². The molecule has 1 saturated heterocycles. The summed E-state index contributed by atoms with van der Waals surface area (Å²) in [7, 11) is 0. The van der Waals surface area contributed by atoms with E-state index in [0.29, 0.717) is 35.8 Å². The minimum absolute atomic E-state index is 0.0417. The molecule has 6 nitrogen and oxygen atoms in total. The molecule has 1 aliphatic heterocycles. The summed E-state index contributed by atoms with van der Waals surface area (Å²) in [4.78, 5) is 21.8. The number of carbonyl (C=O) groups is 1. The zero-order valence-electron chi connectivity index (χ0n) is 16.5. The van der Waals surface area contributed by atoms with Crippen LogP contribution in [0, 0.1) is 20.8 Å². The van der Waals surface area contributed by atoms with Crippen molar-refractivity contribution in [2.75, 3.05) is 31.1 Å². The summed E-state index contributed by atoms with van der Waals surface area (Å²) in [6.45, 7) is 8.96. The predicted octanol–water partition coefficient (Wildman–Crippen LogP) is 3.62. The Morgan fingerprint density at radius 3 is 2.54 bits per heavy atom. The quantitative estimate of drug-likeness (QED) is 0.699. The van der Waals surface area contributed by atoms with Crippen LogP contribution in [0.1, 0.15) is 27.2 Å². The van der Waals surface area contributed by atoms with E-state index in [2.05, 4.69) is 47.1 Å². The van der Waals surface area contributed by atoms with Crippen molar-refractivity contribution in [2.24, 2.45) is 0 Å². The van der Waals surface area contributed by atoms with Gasteiger partial charge in [0.25, 0.3) is 5.91 Å². The maximum atomic E-state index is 13.2. The number of rotatable bonds is 3. The van der Waals surface area contributed by atoms with Crippen LogP contribution in [0.2, 0.25) is 0 Å². The number of anilines is 1. The Labute approximate surface area is 164 Å². The Morgan fingerprint density at radius 1 is 1.04 bits per heavy atom. The number of piperazine rings is 1. The van der Waals surface area contributed by atoms with E-state index < -0.39 is 0 Å². The molecule has 4 rings (SSSR count). The van der Waals surface area contributed by atoms with Crippen LogP contribution >= 0.6 is 0 Å². The van der Waals surface area contributed by atoms with E-state index in [1.165, 1.54) is 16.8 Å². The van der Waals surface area contributed by atoms with E-state index in [1.54, 1.807) is 13.1 Å². The number of aryl methyl sites for hydroxylation is 3. The highest BCUT2D eigenvalue weighted by atomic mass is 16.5. The van der Waals surface area contributed by atoms with Crippen LogP contribution in [0.5, 0.6) is 0 Å². The van der Waals surface area contributed by atoms with Gasteiger partial charge in [0.15, 0.2) is 0 Å². The summed E-state index contributed by atoms with van der Waals surface area (Å²) in [6, 6.07) is 12.1. The van der Waals surface area contributed by atoms with E-state index in [1.807, 2.05) is 23.1 Å². The summed E-state index contributed by atoms with van der Waals surface area (Å²) in [5.41, 5.74) is 5.44. The van der Waals surface area contributed by atoms with Gasteiger partial charge in [-0.2, -0.15) is 0 Å². The summed E-state index contributed by atoms with van der Waals surface area (Å²) < 4.78 is 5.33. The lowest BCUT2D eigenvalue weighted by molar-refractivity contribution is 0.0745. The molecule has 28 heavy (non-hydrogen) atoms. The molecule has 0 atom stereocenters. The second-order valence-electron chi connectivity index (χ2n) is 7.25. The van der Waals surface area contributed by atoms with E-state index in [-0.39, 0.29) is 5.91 Å². The van der Waals surface area contributed by atoms with Gasteiger partial charge in [0, 0.05) is 38.1 Å². The van der Waals surface area contributed by atoms with Crippen molar-refractivity contribution in [1.82, 2.24) is 15.0 Å². The number of benzene rings is 1. The van der Waals surface area contributed by atoms with E-state index in [4.69, 9.17) is 4.52 Å². The summed E-state index contributed by atoms with van der Waals surface area (Å²) >= 11 is 0. The number of carbonyl (C=O) groups excluding carboxylic acids is 1. The second-order valence-corrected chi connectivity index (χ2v) is 7.25. The third kappa shape index (κ3) is 3.38. The molecule has 1 aromatic carbocycles. The van der Waals surface area contributed by atoms with Gasteiger partial charge in [0.2, 0.25) is 0 Å². The molecule has 0 aliphatic carbocycles. The molecular weight excluding hydrogens is 352 g/mol. The summed E-state index contributed by atoms with van der Waals surface area (Å²) in [6.07, 6.45) is 1.69. The Bertz CT molecular complexity index is 989. The predicted molar refractivity (Wildman–Crippen MR) is 109 cm³/mol. The van der Waals surface area contributed by atoms with E-state index in [0.717, 1.165) is 13.1 Å². The van der Waals surface area contributed by atoms with Crippen LogP contribution in [-0.4, -0.2) is 47.1 Å². The number of hydrogen-bond acceptors (Lipinski definition) is 5. The van der Waals surface area contributed by atoms with Gasteiger partial charge in [-0.05, 0) is 50.1 Å². The molecule has 1 aliphatic rings. The van der Waals surface area contributed by atoms with Crippen LogP contribution < -0.4 is 4.90 Å². The highest BCUT2D eigenvalue weighted by Gasteiger charge is 2.29.